The van der Waals surface area contributed by atoms with Crippen LogP contribution in [0.25, 0.3) is 0 Å². The first-order chi connectivity index (χ1) is 6.66. The van der Waals surface area contributed by atoms with E-state index in [1.54, 1.807) is 0 Å². The molecule has 74 valence electrons. The Bertz CT molecular complexity index is 371. The first-order valence-corrected chi connectivity index (χ1v) is 5.08. The second kappa shape index (κ2) is 3.45. The van der Waals surface area contributed by atoms with Crippen LogP contribution in [0.3, 0.4) is 0 Å². The standard InChI is InChI=1S/C12H15NO/c1-8-2-3-10-7-11(12(13)14)5-4-9(10)6-8/h4-5,7-8H,2-3,6H2,1H3,(H2,13,14). The summed E-state index contributed by atoms with van der Waals surface area (Å²) < 4.78 is 0. The van der Waals surface area contributed by atoms with Crippen molar-refractivity contribution in [2.75, 3.05) is 0 Å². The average Bonchev–Trinajstić information content (AvgIpc) is 2.16. The smallest absolute Gasteiger partial charge is 0.248 e. The fraction of sp³-hybridized carbons (Fsp3) is 0.417. The van der Waals surface area contributed by atoms with Crippen LogP contribution in [0.5, 0.6) is 0 Å². The molecule has 0 saturated carbocycles. The largest absolute Gasteiger partial charge is 0.366 e. The van der Waals surface area contributed by atoms with E-state index in [0.717, 1.165) is 18.8 Å². The molecule has 2 nitrogen and oxygen atoms in total. The van der Waals surface area contributed by atoms with Crippen LogP contribution in [0.1, 0.15) is 34.8 Å². The van der Waals surface area contributed by atoms with Gasteiger partial charge in [-0.2, -0.15) is 0 Å². The number of carbonyl (C=O) groups is 1. The quantitative estimate of drug-likeness (QED) is 0.720. The van der Waals surface area contributed by atoms with Crippen molar-refractivity contribution in [2.24, 2.45) is 11.7 Å². The number of amides is 1. The third-order valence-electron chi connectivity index (χ3n) is 2.97. The Morgan fingerprint density at radius 1 is 1.43 bits per heavy atom. The van der Waals surface area contributed by atoms with E-state index < -0.39 is 0 Å². The summed E-state index contributed by atoms with van der Waals surface area (Å²) in [7, 11) is 0. The van der Waals surface area contributed by atoms with E-state index in [9.17, 15) is 4.79 Å². The van der Waals surface area contributed by atoms with E-state index >= 15 is 0 Å². The van der Waals surface area contributed by atoms with Gasteiger partial charge in [-0.3, -0.25) is 4.79 Å². The lowest BCUT2D eigenvalue weighted by Gasteiger charge is -2.21. The SMILES string of the molecule is CC1CCc2cc(C(N)=O)ccc2C1. The molecule has 1 aliphatic rings. The van der Waals surface area contributed by atoms with Gasteiger partial charge in [-0.25, -0.2) is 0 Å². The van der Waals surface area contributed by atoms with E-state index in [-0.39, 0.29) is 5.91 Å². The van der Waals surface area contributed by atoms with E-state index in [1.165, 1.54) is 17.5 Å². The van der Waals surface area contributed by atoms with Crippen molar-refractivity contribution >= 4 is 5.91 Å². The van der Waals surface area contributed by atoms with Crippen molar-refractivity contribution in [1.82, 2.24) is 0 Å². The van der Waals surface area contributed by atoms with E-state index in [4.69, 9.17) is 5.73 Å². The third kappa shape index (κ3) is 1.65. The molecule has 1 atom stereocenters. The number of hydrogen-bond acceptors (Lipinski definition) is 1. The van der Waals surface area contributed by atoms with Gasteiger partial charge in [-0.05, 0) is 48.4 Å². The Morgan fingerprint density at radius 2 is 2.21 bits per heavy atom. The molecule has 0 spiro atoms. The molecule has 1 amide bonds. The summed E-state index contributed by atoms with van der Waals surface area (Å²) in [5, 5.41) is 0. The fourth-order valence-corrected chi connectivity index (χ4v) is 2.09. The number of carbonyl (C=O) groups excluding carboxylic acids is 1. The molecule has 0 saturated heterocycles. The first kappa shape index (κ1) is 9.25. The predicted molar refractivity (Wildman–Crippen MR) is 56.1 cm³/mol. The van der Waals surface area contributed by atoms with Crippen molar-refractivity contribution in [3.8, 4) is 0 Å². The number of aryl methyl sites for hydroxylation is 1. The number of primary amides is 1. The van der Waals surface area contributed by atoms with Crippen LogP contribution < -0.4 is 5.73 Å². The van der Waals surface area contributed by atoms with Gasteiger partial charge in [0.25, 0.3) is 0 Å². The highest BCUT2D eigenvalue weighted by molar-refractivity contribution is 5.93. The molecule has 1 unspecified atom stereocenters. The average molecular weight is 189 g/mol. The predicted octanol–water partition coefficient (Wildman–Crippen LogP) is 1.91. The molecule has 0 heterocycles. The molecule has 1 aliphatic carbocycles. The van der Waals surface area contributed by atoms with Crippen molar-refractivity contribution in [3.05, 3.63) is 34.9 Å². The third-order valence-corrected chi connectivity index (χ3v) is 2.97. The number of nitrogens with two attached hydrogens (primary N) is 1. The Kier molecular flexibility index (Phi) is 2.28. The second-order valence-electron chi connectivity index (χ2n) is 4.20. The van der Waals surface area contributed by atoms with Crippen LogP contribution >= 0.6 is 0 Å². The maximum Gasteiger partial charge on any atom is 0.248 e. The monoisotopic (exact) mass is 189 g/mol. The van der Waals surface area contributed by atoms with E-state index in [1.807, 2.05) is 18.2 Å². The molecule has 2 heteroatoms. The summed E-state index contributed by atoms with van der Waals surface area (Å²) >= 11 is 0. The number of hydrogen-bond donors (Lipinski definition) is 1. The Labute approximate surface area is 84.1 Å². The second-order valence-corrected chi connectivity index (χ2v) is 4.20. The molecule has 2 rings (SSSR count). The molecule has 0 fully saturated rings. The minimum Gasteiger partial charge on any atom is -0.366 e. The lowest BCUT2D eigenvalue weighted by atomic mass is 9.84. The summed E-state index contributed by atoms with van der Waals surface area (Å²) in [4.78, 5) is 11.0. The molecule has 1 aromatic rings. The number of rotatable bonds is 1. The number of fused-ring (bicyclic) bond motifs is 1. The summed E-state index contributed by atoms with van der Waals surface area (Å²) in [6.45, 7) is 2.27. The zero-order valence-electron chi connectivity index (χ0n) is 8.42. The van der Waals surface area contributed by atoms with Crippen LogP contribution in [-0.4, -0.2) is 5.91 Å². The van der Waals surface area contributed by atoms with Crippen LogP contribution in [0.15, 0.2) is 18.2 Å². The van der Waals surface area contributed by atoms with Gasteiger partial charge in [-0.15, -0.1) is 0 Å². The Hall–Kier alpha value is -1.31. The van der Waals surface area contributed by atoms with Gasteiger partial charge in [0.15, 0.2) is 0 Å². The van der Waals surface area contributed by atoms with Gasteiger partial charge >= 0.3 is 0 Å². The van der Waals surface area contributed by atoms with E-state index in [2.05, 4.69) is 6.92 Å². The zero-order valence-corrected chi connectivity index (χ0v) is 8.42. The molecular weight excluding hydrogens is 174 g/mol. The molecule has 2 N–H and O–H groups in total. The maximum atomic E-state index is 11.0. The van der Waals surface area contributed by atoms with Crippen LogP contribution in [-0.2, 0) is 12.8 Å². The lowest BCUT2D eigenvalue weighted by molar-refractivity contribution is 0.1000. The summed E-state index contributed by atoms with van der Waals surface area (Å²) in [5.41, 5.74) is 8.56. The van der Waals surface area contributed by atoms with Gasteiger partial charge in [-0.1, -0.05) is 13.0 Å². The van der Waals surface area contributed by atoms with Gasteiger partial charge in [0.1, 0.15) is 0 Å². The summed E-state index contributed by atoms with van der Waals surface area (Å²) in [6.07, 6.45) is 3.43. The van der Waals surface area contributed by atoms with Crippen LogP contribution in [0, 0.1) is 5.92 Å². The molecule has 0 radical (unpaired) electrons. The topological polar surface area (TPSA) is 43.1 Å². The van der Waals surface area contributed by atoms with Crippen molar-refractivity contribution in [3.63, 3.8) is 0 Å². The molecule has 0 bridgehead atoms. The van der Waals surface area contributed by atoms with Gasteiger partial charge in [0.2, 0.25) is 5.91 Å². The van der Waals surface area contributed by atoms with E-state index in [0.29, 0.717) is 5.56 Å². The highest BCUT2D eigenvalue weighted by atomic mass is 16.1. The minimum absolute atomic E-state index is 0.327. The van der Waals surface area contributed by atoms with Crippen LogP contribution in [0.2, 0.25) is 0 Å². The highest BCUT2D eigenvalue weighted by Gasteiger charge is 2.15. The van der Waals surface area contributed by atoms with Gasteiger partial charge < -0.3 is 5.73 Å². The zero-order chi connectivity index (χ0) is 10.1. The summed E-state index contributed by atoms with van der Waals surface area (Å²) in [5.74, 6) is 0.438. The highest BCUT2D eigenvalue weighted by Crippen LogP contribution is 2.25. The molecule has 1 aromatic carbocycles. The Balaban J connectivity index is 2.36. The first-order valence-electron chi connectivity index (χ1n) is 5.08. The van der Waals surface area contributed by atoms with Crippen molar-refractivity contribution in [2.45, 2.75) is 26.2 Å². The summed E-state index contributed by atoms with van der Waals surface area (Å²) in [6, 6.07) is 5.83. The molecular formula is C12H15NO. The van der Waals surface area contributed by atoms with Crippen molar-refractivity contribution in [1.29, 1.82) is 0 Å². The minimum atomic E-state index is -0.327. The van der Waals surface area contributed by atoms with Gasteiger partial charge in [0, 0.05) is 5.56 Å². The molecule has 0 aliphatic heterocycles. The van der Waals surface area contributed by atoms with Crippen molar-refractivity contribution < 1.29 is 4.79 Å². The maximum absolute atomic E-state index is 11.0. The molecule has 14 heavy (non-hydrogen) atoms. The van der Waals surface area contributed by atoms with Crippen LogP contribution in [0.4, 0.5) is 0 Å². The fourth-order valence-electron chi connectivity index (χ4n) is 2.09. The number of benzene rings is 1. The Morgan fingerprint density at radius 3 is 2.93 bits per heavy atom. The van der Waals surface area contributed by atoms with Gasteiger partial charge in [0.05, 0.1) is 0 Å². The normalized spacial score (nSPS) is 20.2. The lowest BCUT2D eigenvalue weighted by Crippen LogP contribution is -2.15. The molecule has 0 aromatic heterocycles.